The van der Waals surface area contributed by atoms with Gasteiger partial charge in [0.15, 0.2) is 0 Å². The van der Waals surface area contributed by atoms with Crippen LogP contribution in [0.4, 0.5) is 0 Å². The summed E-state index contributed by atoms with van der Waals surface area (Å²) in [6, 6.07) is 2.10. The molecule has 0 spiro atoms. The largest absolute Gasteiger partial charge is 0.342 e. The van der Waals surface area contributed by atoms with Gasteiger partial charge >= 0.3 is 0 Å². The van der Waals surface area contributed by atoms with Gasteiger partial charge in [0.1, 0.15) is 0 Å². The van der Waals surface area contributed by atoms with E-state index in [1.807, 2.05) is 13.8 Å². The van der Waals surface area contributed by atoms with Crippen LogP contribution >= 0.6 is 0 Å². The van der Waals surface area contributed by atoms with Crippen LogP contribution in [0.25, 0.3) is 0 Å². The molecule has 1 amide bonds. The average molecular weight is 196 g/mol. The number of hydrogen-bond acceptors (Lipinski definition) is 2. The zero-order valence-electron chi connectivity index (χ0n) is 9.58. The maximum atomic E-state index is 11.8. The lowest BCUT2D eigenvalue weighted by Crippen LogP contribution is -2.38. The van der Waals surface area contributed by atoms with Crippen LogP contribution in [-0.2, 0) is 4.79 Å². The van der Waals surface area contributed by atoms with E-state index in [9.17, 15) is 4.79 Å². The van der Waals surface area contributed by atoms with Crippen molar-refractivity contribution in [3.8, 4) is 6.07 Å². The number of amides is 1. The molecule has 3 nitrogen and oxygen atoms in total. The van der Waals surface area contributed by atoms with E-state index in [1.54, 1.807) is 11.9 Å². The molecule has 0 heterocycles. The summed E-state index contributed by atoms with van der Waals surface area (Å²) in [5, 5.41) is 8.52. The summed E-state index contributed by atoms with van der Waals surface area (Å²) < 4.78 is 0. The van der Waals surface area contributed by atoms with Gasteiger partial charge in [-0.2, -0.15) is 5.26 Å². The first-order valence-electron chi connectivity index (χ1n) is 5.18. The highest BCUT2D eigenvalue weighted by atomic mass is 16.2. The molecule has 0 N–H and O–H groups in total. The van der Waals surface area contributed by atoms with E-state index in [1.165, 1.54) is 0 Å². The van der Waals surface area contributed by atoms with Crippen molar-refractivity contribution in [3.05, 3.63) is 0 Å². The number of carbonyl (C=O) groups excluding carboxylic acids is 1. The molecule has 0 aromatic rings. The average Bonchev–Trinajstić information content (AvgIpc) is 2.16. The van der Waals surface area contributed by atoms with Gasteiger partial charge in [-0.15, -0.1) is 0 Å². The minimum absolute atomic E-state index is 0.0202. The molecule has 0 rings (SSSR count). The fourth-order valence-corrected chi connectivity index (χ4v) is 1.39. The fraction of sp³-hybridized carbons (Fsp3) is 0.818. The summed E-state index contributed by atoms with van der Waals surface area (Å²) in [6.45, 7) is 5.92. The van der Waals surface area contributed by atoms with Crippen molar-refractivity contribution in [2.24, 2.45) is 5.92 Å². The Balaban J connectivity index is 4.17. The third kappa shape index (κ3) is 3.78. The van der Waals surface area contributed by atoms with Crippen molar-refractivity contribution in [1.29, 1.82) is 5.26 Å². The summed E-state index contributed by atoms with van der Waals surface area (Å²) in [4.78, 5) is 13.4. The van der Waals surface area contributed by atoms with Crippen molar-refractivity contribution in [3.63, 3.8) is 0 Å². The molecule has 0 aliphatic heterocycles. The molecule has 0 radical (unpaired) electrons. The molecule has 0 aromatic heterocycles. The molecule has 0 aliphatic carbocycles. The maximum absolute atomic E-state index is 11.8. The van der Waals surface area contributed by atoms with Crippen molar-refractivity contribution in [2.45, 2.75) is 46.1 Å². The molecule has 0 fully saturated rings. The van der Waals surface area contributed by atoms with Gasteiger partial charge in [0.2, 0.25) is 5.91 Å². The van der Waals surface area contributed by atoms with Crippen LogP contribution < -0.4 is 0 Å². The predicted molar refractivity (Wildman–Crippen MR) is 56.5 cm³/mol. The van der Waals surface area contributed by atoms with E-state index in [-0.39, 0.29) is 17.9 Å². The van der Waals surface area contributed by atoms with Gasteiger partial charge in [0.05, 0.1) is 12.5 Å². The van der Waals surface area contributed by atoms with Crippen LogP contribution in [0.2, 0.25) is 0 Å². The van der Waals surface area contributed by atoms with E-state index >= 15 is 0 Å². The minimum Gasteiger partial charge on any atom is -0.342 e. The van der Waals surface area contributed by atoms with Gasteiger partial charge in [0.25, 0.3) is 0 Å². The lowest BCUT2D eigenvalue weighted by molar-refractivity contribution is -0.135. The van der Waals surface area contributed by atoms with Crippen molar-refractivity contribution < 1.29 is 4.79 Å². The Morgan fingerprint density at radius 1 is 1.50 bits per heavy atom. The quantitative estimate of drug-likeness (QED) is 0.676. The summed E-state index contributed by atoms with van der Waals surface area (Å²) in [7, 11) is 1.77. The zero-order valence-corrected chi connectivity index (χ0v) is 9.58. The van der Waals surface area contributed by atoms with Crippen molar-refractivity contribution in [2.75, 3.05) is 7.05 Å². The lowest BCUT2D eigenvalue weighted by atomic mass is 10.0. The second-order valence-corrected chi connectivity index (χ2v) is 3.85. The van der Waals surface area contributed by atoms with E-state index in [0.717, 1.165) is 12.8 Å². The fourth-order valence-electron chi connectivity index (χ4n) is 1.39. The lowest BCUT2D eigenvalue weighted by Gasteiger charge is -2.26. The van der Waals surface area contributed by atoms with Crippen LogP contribution in [0.3, 0.4) is 0 Å². The molecular weight excluding hydrogens is 176 g/mol. The van der Waals surface area contributed by atoms with Gasteiger partial charge in [-0.3, -0.25) is 4.79 Å². The van der Waals surface area contributed by atoms with E-state index in [4.69, 9.17) is 5.26 Å². The molecule has 14 heavy (non-hydrogen) atoms. The Labute approximate surface area is 86.7 Å². The predicted octanol–water partition coefficient (Wildman–Crippen LogP) is 2.18. The van der Waals surface area contributed by atoms with Gasteiger partial charge < -0.3 is 4.90 Å². The topological polar surface area (TPSA) is 44.1 Å². The van der Waals surface area contributed by atoms with Crippen LogP contribution in [0.5, 0.6) is 0 Å². The second kappa shape index (κ2) is 6.42. The Hall–Kier alpha value is -1.04. The Kier molecular flexibility index (Phi) is 5.94. The number of carbonyl (C=O) groups is 1. The molecule has 0 aromatic carbocycles. The van der Waals surface area contributed by atoms with Crippen LogP contribution in [0.1, 0.15) is 40.0 Å². The molecule has 0 aliphatic rings. The van der Waals surface area contributed by atoms with E-state index < -0.39 is 0 Å². The second-order valence-electron chi connectivity index (χ2n) is 3.85. The number of hydrogen-bond donors (Lipinski definition) is 0. The molecule has 80 valence electrons. The first-order chi connectivity index (χ1) is 6.54. The standard InChI is InChI=1S/C11H20N2O/c1-5-6-9(2)11(14)13(4)10(3)7-8-12/h9-10H,5-7H2,1-4H3. The highest BCUT2D eigenvalue weighted by molar-refractivity contribution is 5.78. The maximum Gasteiger partial charge on any atom is 0.225 e. The van der Waals surface area contributed by atoms with Gasteiger partial charge in [-0.05, 0) is 13.3 Å². The van der Waals surface area contributed by atoms with Crippen molar-refractivity contribution in [1.82, 2.24) is 4.90 Å². The summed E-state index contributed by atoms with van der Waals surface area (Å²) >= 11 is 0. The molecule has 2 atom stereocenters. The highest BCUT2D eigenvalue weighted by Crippen LogP contribution is 2.11. The molecule has 2 unspecified atom stereocenters. The summed E-state index contributed by atoms with van der Waals surface area (Å²) in [5.41, 5.74) is 0. The molecule has 3 heteroatoms. The van der Waals surface area contributed by atoms with Gasteiger partial charge in [0, 0.05) is 19.0 Å². The summed E-state index contributed by atoms with van der Waals surface area (Å²) in [6.07, 6.45) is 2.34. The van der Waals surface area contributed by atoms with Crippen LogP contribution in [0, 0.1) is 17.2 Å². The van der Waals surface area contributed by atoms with Gasteiger partial charge in [-0.25, -0.2) is 0 Å². The molecule has 0 saturated carbocycles. The minimum atomic E-state index is 0.0202. The Bertz CT molecular complexity index is 220. The molecule has 0 bridgehead atoms. The molecule has 0 saturated heterocycles. The van der Waals surface area contributed by atoms with Crippen LogP contribution in [-0.4, -0.2) is 23.9 Å². The van der Waals surface area contributed by atoms with E-state index in [0.29, 0.717) is 6.42 Å². The first-order valence-corrected chi connectivity index (χ1v) is 5.18. The van der Waals surface area contributed by atoms with Crippen molar-refractivity contribution >= 4 is 5.91 Å². The van der Waals surface area contributed by atoms with Crippen LogP contribution in [0.15, 0.2) is 0 Å². The highest BCUT2D eigenvalue weighted by Gasteiger charge is 2.20. The monoisotopic (exact) mass is 196 g/mol. The SMILES string of the molecule is CCCC(C)C(=O)N(C)C(C)CC#N. The molecular formula is C11H20N2O. The number of nitriles is 1. The summed E-state index contributed by atoms with van der Waals surface area (Å²) in [5.74, 6) is 0.223. The van der Waals surface area contributed by atoms with Gasteiger partial charge in [-0.1, -0.05) is 20.3 Å². The zero-order chi connectivity index (χ0) is 11.1. The third-order valence-corrected chi connectivity index (χ3v) is 2.54. The third-order valence-electron chi connectivity index (χ3n) is 2.54. The Morgan fingerprint density at radius 2 is 2.07 bits per heavy atom. The number of nitrogens with zero attached hydrogens (tertiary/aromatic N) is 2. The van der Waals surface area contributed by atoms with E-state index in [2.05, 4.69) is 13.0 Å². The number of rotatable bonds is 5. The Morgan fingerprint density at radius 3 is 2.50 bits per heavy atom. The first kappa shape index (κ1) is 13.0. The normalized spacial score (nSPS) is 14.2. The smallest absolute Gasteiger partial charge is 0.225 e.